The molecule has 9 aromatic carbocycles. The number of benzene rings is 9. The lowest BCUT2D eigenvalue weighted by Crippen LogP contribution is -1.93. The third-order valence-electron chi connectivity index (χ3n) is 14.0. The second kappa shape index (κ2) is 22.7. The molecule has 0 aliphatic heterocycles. The Balaban J connectivity index is 0.000000110. The lowest BCUT2D eigenvalue weighted by atomic mass is 10.0. The molecule has 8 aromatic heterocycles. The van der Waals surface area contributed by atoms with Gasteiger partial charge in [0.05, 0.1) is 60.5 Å². The van der Waals surface area contributed by atoms with Crippen LogP contribution in [0.15, 0.2) is 244 Å². The molecule has 5 N–H and O–H groups in total. The number of imidazole rings is 2. The lowest BCUT2D eigenvalue weighted by Gasteiger charge is -2.09. The third kappa shape index (κ3) is 9.75. The summed E-state index contributed by atoms with van der Waals surface area (Å²) >= 11 is 7.72. The molecular weight excluding hydrogens is 1160 g/mol. The molecule has 12 nitrogen and oxygen atoms in total. The molecule has 0 saturated carbocycles. The number of nitrogens with one attached hydrogen (secondary N) is 1. The van der Waals surface area contributed by atoms with Crippen LogP contribution in [0.1, 0.15) is 7.43 Å². The number of methoxy groups -OCH3 is 1. The minimum absolute atomic E-state index is 0. The summed E-state index contributed by atoms with van der Waals surface area (Å²) in [6.45, 7) is 0. The first-order chi connectivity index (χ1) is 39.8. The number of pyridine rings is 3. The monoisotopic (exact) mass is 1200 g/mol. The van der Waals surface area contributed by atoms with Gasteiger partial charge in [-0.3, -0.25) is 9.38 Å². The molecule has 0 aliphatic rings. The molecule has 400 valence electrons. The average Bonchev–Trinajstić information content (AvgIpc) is 4.50. The van der Waals surface area contributed by atoms with E-state index in [0.29, 0.717) is 16.5 Å². The van der Waals surface area contributed by atoms with Crippen LogP contribution in [0.3, 0.4) is 0 Å². The maximum Gasteiger partial charge on any atom is 0.147 e. The minimum Gasteiger partial charge on any atom is -0.496 e. The Hall–Kier alpha value is -9.96. The normalized spacial score (nSPS) is 11.1. The number of fused-ring (bicyclic) bond motifs is 19. The highest BCUT2D eigenvalue weighted by atomic mass is 127. The SMILES string of the molecule is C.COc1cccc2oc3ccccc3c12.Clc1ncccc1I.Nc1ccccc1N.c1ccc2[nH]c(-c3cccc4oc5ccccc5c34)nc2c1.c1ccc2c(c1)nc1c3c(ccc4oc5ccccc5c43)c3ncccc3n21. The first kappa shape index (κ1) is 52.7. The number of hydrogen-bond donors (Lipinski definition) is 3. The Morgan fingerprint density at radius 2 is 1.01 bits per heavy atom. The van der Waals surface area contributed by atoms with Gasteiger partial charge in [0.15, 0.2) is 0 Å². The van der Waals surface area contributed by atoms with Crippen LogP contribution in [0.2, 0.25) is 5.15 Å². The fourth-order valence-electron chi connectivity index (χ4n) is 10.3. The van der Waals surface area contributed by atoms with Gasteiger partial charge in [0.25, 0.3) is 0 Å². The van der Waals surface area contributed by atoms with E-state index in [0.717, 1.165) is 136 Å². The number of anilines is 2. The van der Waals surface area contributed by atoms with Crippen molar-refractivity contribution in [1.29, 1.82) is 0 Å². The van der Waals surface area contributed by atoms with Crippen LogP contribution in [0.5, 0.6) is 5.75 Å². The molecule has 82 heavy (non-hydrogen) atoms. The number of nitrogens with two attached hydrogens (primary N) is 2. The largest absolute Gasteiger partial charge is 0.496 e. The number of rotatable bonds is 2. The van der Waals surface area contributed by atoms with Crippen molar-refractivity contribution >= 4 is 161 Å². The molecule has 17 aromatic rings. The number of halogens is 2. The molecular formula is C68H50ClIN8O4. The van der Waals surface area contributed by atoms with Crippen LogP contribution in [-0.2, 0) is 0 Å². The summed E-state index contributed by atoms with van der Waals surface area (Å²) < 4.78 is 26.3. The van der Waals surface area contributed by atoms with Gasteiger partial charge >= 0.3 is 0 Å². The molecule has 0 radical (unpaired) electrons. The topological polar surface area (TPSA) is 172 Å². The van der Waals surface area contributed by atoms with E-state index < -0.39 is 0 Å². The van der Waals surface area contributed by atoms with Crippen molar-refractivity contribution in [3.63, 3.8) is 0 Å². The Kier molecular flexibility index (Phi) is 14.6. The Bertz CT molecular complexity index is 5040. The van der Waals surface area contributed by atoms with E-state index in [-0.39, 0.29) is 7.43 Å². The number of nitrogens with zero attached hydrogens (tertiary/aromatic N) is 5. The van der Waals surface area contributed by atoms with Gasteiger partial charge in [0.2, 0.25) is 0 Å². The van der Waals surface area contributed by atoms with Gasteiger partial charge in [0, 0.05) is 55.7 Å². The predicted molar refractivity (Wildman–Crippen MR) is 346 cm³/mol. The highest BCUT2D eigenvalue weighted by Crippen LogP contribution is 2.41. The van der Waals surface area contributed by atoms with Crippen molar-refractivity contribution in [1.82, 2.24) is 29.3 Å². The average molecular weight is 1210 g/mol. The molecule has 0 aliphatic carbocycles. The number of para-hydroxylation sites is 9. The van der Waals surface area contributed by atoms with Crippen molar-refractivity contribution in [3.05, 3.63) is 240 Å². The minimum atomic E-state index is 0. The van der Waals surface area contributed by atoms with Crippen LogP contribution < -0.4 is 16.2 Å². The van der Waals surface area contributed by atoms with Crippen LogP contribution in [0, 0.1) is 3.57 Å². The smallest absolute Gasteiger partial charge is 0.147 e. The number of aromatic amines is 1. The summed E-state index contributed by atoms with van der Waals surface area (Å²) in [7, 11) is 1.68. The van der Waals surface area contributed by atoms with E-state index in [1.54, 1.807) is 25.4 Å². The van der Waals surface area contributed by atoms with Gasteiger partial charge < -0.3 is 34.4 Å². The van der Waals surface area contributed by atoms with Crippen molar-refractivity contribution in [3.8, 4) is 17.1 Å². The second-order valence-electron chi connectivity index (χ2n) is 18.8. The summed E-state index contributed by atoms with van der Waals surface area (Å²) in [6.07, 6.45) is 3.52. The van der Waals surface area contributed by atoms with Gasteiger partial charge in [-0.05, 0) is 132 Å². The standard InChI is InChI=1S/C24H13N3O.C19H12N2O.C13H10O2.C6H8N2.C5H3ClIN.CH4/c1-4-10-19-14(6-1)21-20(28-19)12-11-15-22(21)24-26-16-7-2-3-8-17(16)27(24)18-9-5-13-25-23(15)18;1-4-10-16-12(6-1)18-13(7-5-11-17(18)22-16)19-20-14-8-2-3-9-15(14)21-19;1-14-11-7-4-8-12-13(11)9-5-2-3-6-10(9)15-12;7-5-3-1-2-4-6(5)8;6-5-4(7)2-1-3-8-5;/h1-13H;1-11H,(H,20,21);2-8H,1H3;1-4H,7-8H2;1-3H;1H4. The molecule has 0 fully saturated rings. The van der Waals surface area contributed by atoms with E-state index in [1.807, 2.05) is 158 Å². The van der Waals surface area contributed by atoms with Crippen molar-refractivity contribution in [2.75, 3.05) is 18.6 Å². The van der Waals surface area contributed by atoms with E-state index in [9.17, 15) is 0 Å². The molecule has 0 unspecified atom stereocenters. The first-order valence-electron chi connectivity index (χ1n) is 25.8. The Labute approximate surface area is 487 Å². The van der Waals surface area contributed by atoms with Crippen LogP contribution in [-0.4, -0.2) is 36.4 Å². The zero-order chi connectivity index (χ0) is 55.0. The first-order valence-corrected chi connectivity index (χ1v) is 27.3. The van der Waals surface area contributed by atoms with Gasteiger partial charge in [-0.2, -0.15) is 0 Å². The predicted octanol–water partition coefficient (Wildman–Crippen LogP) is 18.6. The molecule has 0 amide bonds. The Morgan fingerprint density at radius 3 is 1.66 bits per heavy atom. The maximum atomic E-state index is 6.14. The van der Waals surface area contributed by atoms with E-state index in [4.69, 9.17) is 56.0 Å². The highest BCUT2D eigenvalue weighted by molar-refractivity contribution is 14.1. The molecule has 0 bridgehead atoms. The molecule has 0 spiro atoms. The molecule has 17 rings (SSSR count). The Morgan fingerprint density at radius 1 is 0.476 bits per heavy atom. The lowest BCUT2D eigenvalue weighted by molar-refractivity contribution is 0.420. The fraction of sp³-hybridized carbons (Fsp3) is 0.0294. The summed E-state index contributed by atoms with van der Waals surface area (Å²) in [5.74, 6) is 1.73. The van der Waals surface area contributed by atoms with Crippen molar-refractivity contribution < 1.29 is 18.0 Å². The fourth-order valence-corrected chi connectivity index (χ4v) is 10.8. The van der Waals surface area contributed by atoms with Gasteiger partial charge in [-0.25, -0.2) is 15.0 Å². The molecule has 8 heterocycles. The van der Waals surface area contributed by atoms with E-state index >= 15 is 0 Å². The van der Waals surface area contributed by atoms with Crippen LogP contribution >= 0.6 is 34.2 Å². The number of aromatic nitrogens is 6. The number of furan rings is 3. The molecule has 0 saturated heterocycles. The van der Waals surface area contributed by atoms with Crippen LogP contribution in [0.25, 0.3) is 127 Å². The highest BCUT2D eigenvalue weighted by Gasteiger charge is 2.20. The van der Waals surface area contributed by atoms with Crippen LogP contribution in [0.4, 0.5) is 11.4 Å². The number of hydrogen-bond acceptors (Lipinski definition) is 10. The summed E-state index contributed by atoms with van der Waals surface area (Å²) in [4.78, 5) is 21.7. The van der Waals surface area contributed by atoms with Gasteiger partial charge in [-0.1, -0.05) is 128 Å². The molecule has 0 atom stereocenters. The maximum absolute atomic E-state index is 6.14. The van der Waals surface area contributed by atoms with Gasteiger partial charge in [0.1, 0.15) is 55.9 Å². The zero-order valence-electron chi connectivity index (χ0n) is 43.2. The summed E-state index contributed by atoms with van der Waals surface area (Å²) in [6, 6.07) is 71.8. The zero-order valence-corrected chi connectivity index (χ0v) is 46.1. The second-order valence-corrected chi connectivity index (χ2v) is 20.3. The quantitative estimate of drug-likeness (QED) is 0.0654. The number of H-pyrrole nitrogens is 1. The van der Waals surface area contributed by atoms with E-state index in [2.05, 4.69) is 91.6 Å². The van der Waals surface area contributed by atoms with Gasteiger partial charge in [-0.15, -0.1) is 0 Å². The van der Waals surface area contributed by atoms with Crippen molar-refractivity contribution in [2.45, 2.75) is 7.43 Å². The van der Waals surface area contributed by atoms with Crippen molar-refractivity contribution in [2.24, 2.45) is 0 Å². The summed E-state index contributed by atoms with van der Waals surface area (Å²) in [5, 5.41) is 9.34. The van der Waals surface area contributed by atoms with E-state index in [1.165, 1.54) is 0 Å². The third-order valence-corrected chi connectivity index (χ3v) is 15.4. The number of ether oxygens (including phenoxy) is 1. The molecule has 14 heteroatoms. The summed E-state index contributed by atoms with van der Waals surface area (Å²) in [5.41, 5.74) is 25.5. The number of nitrogen functional groups attached to an aromatic ring is 2.